The second kappa shape index (κ2) is 5.76. The highest BCUT2D eigenvalue weighted by Gasteiger charge is 2.18. The van der Waals surface area contributed by atoms with E-state index in [2.05, 4.69) is 45.0 Å². The summed E-state index contributed by atoms with van der Waals surface area (Å²) < 4.78 is 5.51. The lowest BCUT2D eigenvalue weighted by atomic mass is 9.97. The number of ether oxygens (including phenoxy) is 1. The lowest BCUT2D eigenvalue weighted by Gasteiger charge is -2.18. The molecule has 1 unspecified atom stereocenters. The van der Waals surface area contributed by atoms with Crippen molar-refractivity contribution in [3.63, 3.8) is 0 Å². The molecule has 0 saturated carbocycles. The van der Waals surface area contributed by atoms with Crippen LogP contribution >= 0.6 is 11.3 Å². The highest BCUT2D eigenvalue weighted by atomic mass is 32.1. The van der Waals surface area contributed by atoms with Crippen molar-refractivity contribution in [1.82, 2.24) is 0 Å². The highest BCUT2D eigenvalue weighted by molar-refractivity contribution is 7.12. The first kappa shape index (κ1) is 14.1. The minimum absolute atomic E-state index is 0.110. The van der Waals surface area contributed by atoms with E-state index in [9.17, 15) is 0 Å². The van der Waals surface area contributed by atoms with E-state index in [4.69, 9.17) is 10.5 Å². The topological polar surface area (TPSA) is 35.2 Å². The summed E-state index contributed by atoms with van der Waals surface area (Å²) >= 11 is 1.79. The van der Waals surface area contributed by atoms with Crippen LogP contribution in [0.25, 0.3) is 0 Å². The average Bonchev–Trinajstić information content (AvgIpc) is 2.85. The first-order valence-electron chi connectivity index (χ1n) is 6.56. The number of thiophene rings is 1. The summed E-state index contributed by atoms with van der Waals surface area (Å²) in [4.78, 5) is 2.57. The van der Waals surface area contributed by atoms with Crippen LogP contribution in [0.15, 0.2) is 24.3 Å². The van der Waals surface area contributed by atoms with Crippen LogP contribution in [-0.4, -0.2) is 7.11 Å². The molecule has 2 N–H and O–H groups in total. The van der Waals surface area contributed by atoms with Crippen LogP contribution in [0.1, 0.15) is 39.4 Å². The fourth-order valence-corrected chi connectivity index (χ4v) is 3.37. The van der Waals surface area contributed by atoms with Gasteiger partial charge in [0, 0.05) is 15.3 Å². The van der Waals surface area contributed by atoms with Crippen molar-refractivity contribution in [1.29, 1.82) is 0 Å². The molecule has 1 atom stereocenters. The summed E-state index contributed by atoms with van der Waals surface area (Å²) in [6.45, 7) is 6.34. The van der Waals surface area contributed by atoms with Gasteiger partial charge in [-0.25, -0.2) is 0 Å². The van der Waals surface area contributed by atoms with Gasteiger partial charge in [-0.15, -0.1) is 11.3 Å². The second-order valence-electron chi connectivity index (χ2n) is 4.83. The Bertz CT molecular complexity index is 574. The maximum absolute atomic E-state index is 6.44. The number of benzene rings is 1. The molecule has 2 aromatic rings. The van der Waals surface area contributed by atoms with Gasteiger partial charge in [-0.05, 0) is 49.6 Å². The molecule has 0 aliphatic rings. The first-order chi connectivity index (χ1) is 9.06. The molecule has 19 heavy (non-hydrogen) atoms. The molecule has 0 spiro atoms. The fraction of sp³-hybridized carbons (Fsp3) is 0.375. The van der Waals surface area contributed by atoms with Gasteiger partial charge in [0.05, 0.1) is 13.2 Å². The van der Waals surface area contributed by atoms with Gasteiger partial charge >= 0.3 is 0 Å². The summed E-state index contributed by atoms with van der Waals surface area (Å²) in [6, 6.07) is 8.39. The van der Waals surface area contributed by atoms with Crippen molar-refractivity contribution in [3.8, 4) is 5.75 Å². The first-order valence-corrected chi connectivity index (χ1v) is 7.37. The number of nitrogens with two attached hydrogens (primary N) is 1. The number of hydrogen-bond donors (Lipinski definition) is 1. The van der Waals surface area contributed by atoms with Gasteiger partial charge < -0.3 is 10.5 Å². The van der Waals surface area contributed by atoms with Crippen LogP contribution in [0.3, 0.4) is 0 Å². The van der Waals surface area contributed by atoms with Crippen LogP contribution < -0.4 is 10.5 Å². The van der Waals surface area contributed by atoms with Crippen LogP contribution in [-0.2, 0) is 6.42 Å². The van der Waals surface area contributed by atoms with E-state index in [1.807, 2.05) is 0 Å². The maximum atomic E-state index is 6.44. The normalized spacial score (nSPS) is 12.5. The van der Waals surface area contributed by atoms with Gasteiger partial charge in [-0.3, -0.25) is 0 Å². The summed E-state index contributed by atoms with van der Waals surface area (Å²) in [5, 5.41) is 0. The zero-order chi connectivity index (χ0) is 14.0. The standard InChI is InChI=1S/C16H21NOS/c1-5-12-6-7-14(19-12)16(17)15-11(3)8-10(2)9-13(15)18-4/h6-9,16H,5,17H2,1-4H3. The molecule has 2 nitrogen and oxygen atoms in total. The van der Waals surface area contributed by atoms with Crippen LogP contribution in [0.4, 0.5) is 0 Å². The predicted molar refractivity (Wildman–Crippen MR) is 82.2 cm³/mol. The molecular weight excluding hydrogens is 254 g/mol. The van der Waals surface area contributed by atoms with E-state index in [1.165, 1.54) is 20.9 Å². The van der Waals surface area contributed by atoms with E-state index < -0.39 is 0 Å². The molecule has 0 radical (unpaired) electrons. The van der Waals surface area contributed by atoms with Crippen molar-refractivity contribution in [2.45, 2.75) is 33.2 Å². The molecule has 0 fully saturated rings. The lowest BCUT2D eigenvalue weighted by Crippen LogP contribution is -2.13. The largest absolute Gasteiger partial charge is 0.496 e. The Hall–Kier alpha value is -1.32. The van der Waals surface area contributed by atoms with Crippen molar-refractivity contribution in [3.05, 3.63) is 50.7 Å². The number of methoxy groups -OCH3 is 1. The smallest absolute Gasteiger partial charge is 0.124 e. The summed E-state index contributed by atoms with van der Waals surface area (Å²) in [5.74, 6) is 0.886. The Morgan fingerprint density at radius 1 is 1.26 bits per heavy atom. The molecule has 0 saturated heterocycles. The molecular formula is C16H21NOS. The Morgan fingerprint density at radius 2 is 2.00 bits per heavy atom. The maximum Gasteiger partial charge on any atom is 0.124 e. The molecule has 2 rings (SSSR count). The van der Waals surface area contributed by atoms with Crippen molar-refractivity contribution < 1.29 is 4.74 Å². The minimum Gasteiger partial charge on any atom is -0.496 e. The molecule has 0 bridgehead atoms. The summed E-state index contributed by atoms with van der Waals surface area (Å²) in [6.07, 6.45) is 1.06. The van der Waals surface area contributed by atoms with Crippen molar-refractivity contribution in [2.24, 2.45) is 5.73 Å². The predicted octanol–water partition coefficient (Wildman–Crippen LogP) is 3.98. The van der Waals surface area contributed by atoms with E-state index in [0.717, 1.165) is 17.7 Å². The van der Waals surface area contributed by atoms with E-state index in [-0.39, 0.29) is 6.04 Å². The summed E-state index contributed by atoms with van der Waals surface area (Å²) in [7, 11) is 1.70. The molecule has 1 aromatic heterocycles. The van der Waals surface area contributed by atoms with E-state index >= 15 is 0 Å². The number of aryl methyl sites for hydroxylation is 3. The second-order valence-corrected chi connectivity index (χ2v) is 6.03. The Morgan fingerprint density at radius 3 is 2.58 bits per heavy atom. The highest BCUT2D eigenvalue weighted by Crippen LogP contribution is 2.35. The quantitative estimate of drug-likeness (QED) is 0.916. The van der Waals surface area contributed by atoms with Crippen molar-refractivity contribution >= 4 is 11.3 Å². The minimum atomic E-state index is -0.110. The molecule has 1 aromatic carbocycles. The number of hydrogen-bond acceptors (Lipinski definition) is 3. The van der Waals surface area contributed by atoms with Crippen LogP contribution in [0.5, 0.6) is 5.75 Å². The molecule has 0 aliphatic carbocycles. The monoisotopic (exact) mass is 275 g/mol. The van der Waals surface area contributed by atoms with Gasteiger partial charge in [-0.1, -0.05) is 13.0 Å². The van der Waals surface area contributed by atoms with Gasteiger partial charge in [0.1, 0.15) is 5.75 Å². The van der Waals surface area contributed by atoms with Crippen LogP contribution in [0, 0.1) is 13.8 Å². The van der Waals surface area contributed by atoms with E-state index in [1.54, 1.807) is 18.4 Å². The SMILES string of the molecule is CCc1ccc(C(N)c2c(C)cc(C)cc2OC)s1. The zero-order valence-corrected chi connectivity index (χ0v) is 12.8. The Labute approximate surface area is 119 Å². The molecule has 102 valence electrons. The fourth-order valence-electron chi connectivity index (χ4n) is 2.40. The van der Waals surface area contributed by atoms with Gasteiger partial charge in [0.2, 0.25) is 0 Å². The summed E-state index contributed by atoms with van der Waals surface area (Å²) in [5.41, 5.74) is 9.93. The number of rotatable bonds is 4. The third-order valence-electron chi connectivity index (χ3n) is 3.36. The van der Waals surface area contributed by atoms with Gasteiger partial charge in [-0.2, -0.15) is 0 Å². The van der Waals surface area contributed by atoms with Gasteiger partial charge in [0.25, 0.3) is 0 Å². The Kier molecular flexibility index (Phi) is 4.27. The van der Waals surface area contributed by atoms with Gasteiger partial charge in [0.15, 0.2) is 0 Å². The average molecular weight is 275 g/mol. The lowest BCUT2D eigenvalue weighted by molar-refractivity contribution is 0.407. The third-order valence-corrected chi connectivity index (χ3v) is 4.67. The molecule has 0 aliphatic heterocycles. The van der Waals surface area contributed by atoms with E-state index in [0.29, 0.717) is 0 Å². The molecule has 1 heterocycles. The van der Waals surface area contributed by atoms with Crippen molar-refractivity contribution in [2.75, 3.05) is 7.11 Å². The molecule has 3 heteroatoms. The molecule has 0 amide bonds. The Balaban J connectivity index is 2.45. The van der Waals surface area contributed by atoms with Crippen LogP contribution in [0.2, 0.25) is 0 Å². The zero-order valence-electron chi connectivity index (χ0n) is 12.0. The third kappa shape index (κ3) is 2.82.